The second-order valence-corrected chi connectivity index (χ2v) is 6.72. The van der Waals surface area contributed by atoms with E-state index in [2.05, 4.69) is 58.7 Å². The number of hydrogen-bond donors (Lipinski definition) is 2. The van der Waals surface area contributed by atoms with Gasteiger partial charge in [-0.1, -0.05) is 43.5 Å². The minimum absolute atomic E-state index is 0.701. The number of anilines is 2. The predicted molar refractivity (Wildman–Crippen MR) is 112 cm³/mol. The zero-order chi connectivity index (χ0) is 18.8. The van der Waals surface area contributed by atoms with Crippen molar-refractivity contribution in [2.24, 2.45) is 0 Å². The van der Waals surface area contributed by atoms with Crippen LogP contribution in [0.25, 0.3) is 5.57 Å². The van der Waals surface area contributed by atoms with Gasteiger partial charge in [-0.15, -0.1) is 0 Å². The van der Waals surface area contributed by atoms with Crippen LogP contribution in [0.3, 0.4) is 0 Å². The quantitative estimate of drug-likeness (QED) is 0.671. The zero-order valence-corrected chi connectivity index (χ0v) is 15.2. The highest BCUT2D eigenvalue weighted by atomic mass is 15.3. The number of nitrogens with two attached hydrogens (primary N) is 1. The van der Waals surface area contributed by atoms with E-state index in [4.69, 9.17) is 5.73 Å². The fourth-order valence-corrected chi connectivity index (χ4v) is 3.37. The molecule has 0 spiro atoms. The molecule has 0 aliphatic carbocycles. The van der Waals surface area contributed by atoms with Gasteiger partial charge in [0.15, 0.2) is 0 Å². The second kappa shape index (κ2) is 7.00. The van der Waals surface area contributed by atoms with Crippen LogP contribution in [-0.2, 0) is 13.1 Å². The first-order valence-electron chi connectivity index (χ1n) is 8.88. The lowest BCUT2D eigenvalue weighted by molar-refractivity contribution is 0.326. The monoisotopic (exact) mass is 354 g/mol. The minimum Gasteiger partial charge on any atom is -0.398 e. The summed E-state index contributed by atoms with van der Waals surface area (Å²) in [5.74, 6) is 0.881. The highest BCUT2D eigenvalue weighted by molar-refractivity contribution is 5.86. The fourth-order valence-electron chi connectivity index (χ4n) is 3.37. The van der Waals surface area contributed by atoms with Gasteiger partial charge in [0.1, 0.15) is 0 Å². The smallest absolute Gasteiger partial charge is 0.0989 e. The van der Waals surface area contributed by atoms with Gasteiger partial charge in [-0.2, -0.15) is 0 Å². The molecule has 0 unspecified atom stereocenters. The van der Waals surface area contributed by atoms with E-state index < -0.39 is 0 Å². The molecule has 2 aromatic carbocycles. The van der Waals surface area contributed by atoms with Crippen LogP contribution in [0.2, 0.25) is 0 Å². The van der Waals surface area contributed by atoms with Crippen molar-refractivity contribution in [1.82, 2.24) is 9.88 Å². The van der Waals surface area contributed by atoms with Gasteiger partial charge in [0.25, 0.3) is 0 Å². The number of nitrogens with zero attached hydrogens (tertiary/aromatic N) is 2. The van der Waals surface area contributed by atoms with Crippen LogP contribution in [0, 0.1) is 0 Å². The number of nitrogens with one attached hydrogen (secondary N) is 1. The molecule has 134 valence electrons. The van der Waals surface area contributed by atoms with Crippen LogP contribution < -0.4 is 11.1 Å². The summed E-state index contributed by atoms with van der Waals surface area (Å²) in [5.41, 5.74) is 13.3. The molecule has 0 amide bonds. The molecule has 0 atom stereocenters. The maximum Gasteiger partial charge on any atom is 0.0989 e. The first-order chi connectivity index (χ1) is 13.1. The third-order valence-electron chi connectivity index (χ3n) is 4.87. The molecule has 0 saturated carbocycles. The van der Waals surface area contributed by atoms with Crippen molar-refractivity contribution in [2.45, 2.75) is 13.1 Å². The second-order valence-electron chi connectivity index (χ2n) is 6.72. The molecule has 0 fully saturated rings. The Labute approximate surface area is 159 Å². The summed E-state index contributed by atoms with van der Waals surface area (Å²) in [6, 6.07) is 18.4. The Balaban J connectivity index is 1.64. The number of rotatable bonds is 4. The normalized spacial score (nSPS) is 13.0. The van der Waals surface area contributed by atoms with Gasteiger partial charge in [0, 0.05) is 42.4 Å². The Hall–Kier alpha value is -3.53. The highest BCUT2D eigenvalue weighted by Gasteiger charge is 2.21. The van der Waals surface area contributed by atoms with Crippen LogP contribution in [0.5, 0.6) is 0 Å². The van der Waals surface area contributed by atoms with E-state index in [0.29, 0.717) is 5.69 Å². The van der Waals surface area contributed by atoms with Gasteiger partial charge in [0.2, 0.25) is 0 Å². The van der Waals surface area contributed by atoms with Crippen molar-refractivity contribution in [3.63, 3.8) is 0 Å². The summed E-state index contributed by atoms with van der Waals surface area (Å²) in [7, 11) is 0. The van der Waals surface area contributed by atoms with Crippen molar-refractivity contribution < 1.29 is 0 Å². The van der Waals surface area contributed by atoms with Gasteiger partial charge in [-0.3, -0.25) is 4.98 Å². The lowest BCUT2D eigenvalue weighted by Gasteiger charge is -2.34. The Bertz CT molecular complexity index is 994. The minimum atomic E-state index is 0.701. The zero-order valence-electron chi connectivity index (χ0n) is 15.2. The molecule has 3 aromatic rings. The Morgan fingerprint density at radius 3 is 2.59 bits per heavy atom. The lowest BCUT2D eigenvalue weighted by Crippen LogP contribution is -2.30. The molecule has 1 aliphatic rings. The van der Waals surface area contributed by atoms with E-state index in [1.807, 2.05) is 24.3 Å². The fraction of sp³-hybridized carbons (Fsp3) is 0.0870. The summed E-state index contributed by atoms with van der Waals surface area (Å²) < 4.78 is 0. The highest BCUT2D eigenvalue weighted by Crippen LogP contribution is 2.35. The molecule has 0 bridgehead atoms. The van der Waals surface area contributed by atoms with Crippen LogP contribution >= 0.6 is 0 Å². The van der Waals surface area contributed by atoms with Gasteiger partial charge < -0.3 is 16.0 Å². The lowest BCUT2D eigenvalue weighted by atomic mass is 9.95. The van der Waals surface area contributed by atoms with Crippen LogP contribution in [0.4, 0.5) is 11.4 Å². The predicted octanol–water partition coefficient (Wildman–Crippen LogP) is 4.62. The molecule has 0 saturated heterocycles. The van der Waals surface area contributed by atoms with E-state index >= 15 is 0 Å². The van der Waals surface area contributed by atoms with E-state index in [1.165, 1.54) is 11.1 Å². The molecule has 1 aromatic heterocycles. The Kier molecular flexibility index (Phi) is 4.38. The van der Waals surface area contributed by atoms with Gasteiger partial charge in [0.05, 0.1) is 5.82 Å². The maximum atomic E-state index is 6.33. The largest absolute Gasteiger partial charge is 0.398 e. The summed E-state index contributed by atoms with van der Waals surface area (Å²) in [6.07, 6.45) is 3.53. The molecule has 3 N–H and O–H groups in total. The number of nitrogen functional groups attached to an aromatic ring is 1. The average molecular weight is 354 g/mol. The van der Waals surface area contributed by atoms with Gasteiger partial charge >= 0.3 is 0 Å². The molecule has 27 heavy (non-hydrogen) atoms. The summed E-state index contributed by atoms with van der Waals surface area (Å²) in [6.45, 7) is 10.00. The molecule has 4 heteroatoms. The van der Waals surface area contributed by atoms with E-state index in [1.54, 1.807) is 12.4 Å². The van der Waals surface area contributed by atoms with Crippen molar-refractivity contribution >= 4 is 16.9 Å². The number of benzene rings is 2. The van der Waals surface area contributed by atoms with Crippen molar-refractivity contribution in [3.05, 3.63) is 108 Å². The molecule has 4 nitrogen and oxygen atoms in total. The average Bonchev–Trinajstić information content (AvgIpc) is 2.69. The Morgan fingerprint density at radius 1 is 1.11 bits per heavy atom. The number of hydrogen-bond acceptors (Lipinski definition) is 4. The topological polar surface area (TPSA) is 54.2 Å². The van der Waals surface area contributed by atoms with Crippen molar-refractivity contribution in [1.29, 1.82) is 0 Å². The molecular weight excluding hydrogens is 332 g/mol. The summed E-state index contributed by atoms with van der Waals surface area (Å²) in [4.78, 5) is 6.30. The summed E-state index contributed by atoms with van der Waals surface area (Å²) in [5, 5.41) is 3.39. The maximum absolute atomic E-state index is 6.33. The van der Waals surface area contributed by atoms with Crippen LogP contribution in [-0.4, -0.2) is 9.88 Å². The number of pyridine rings is 1. The first kappa shape index (κ1) is 16.9. The third-order valence-corrected chi connectivity index (χ3v) is 4.87. The third kappa shape index (κ3) is 3.42. The van der Waals surface area contributed by atoms with Gasteiger partial charge in [-0.25, -0.2) is 0 Å². The van der Waals surface area contributed by atoms with E-state index in [9.17, 15) is 0 Å². The first-order valence-corrected chi connectivity index (χ1v) is 8.88. The molecular formula is C23H22N4. The van der Waals surface area contributed by atoms with Crippen LogP contribution in [0.15, 0.2) is 86.0 Å². The van der Waals surface area contributed by atoms with Crippen molar-refractivity contribution in [3.8, 4) is 0 Å². The standard InChI is InChI=1S/C23H22N4/c1-16(19-8-10-25-11-9-19)21-12-20-15-27(14-18-6-4-3-5-7-18)17(2)26-23(20)13-22(21)24/h3-13,26H,1-2,14-15,24H2. The van der Waals surface area contributed by atoms with Crippen LogP contribution in [0.1, 0.15) is 22.3 Å². The van der Waals surface area contributed by atoms with E-state index in [-0.39, 0.29) is 0 Å². The number of fused-ring (bicyclic) bond motifs is 1. The summed E-state index contributed by atoms with van der Waals surface area (Å²) >= 11 is 0. The number of aromatic nitrogens is 1. The molecule has 0 radical (unpaired) electrons. The van der Waals surface area contributed by atoms with Crippen molar-refractivity contribution in [2.75, 3.05) is 11.1 Å². The SMILES string of the molecule is C=C(c1ccncc1)c1cc2c(cc1N)NC(=C)N(Cc1ccccc1)C2. The Morgan fingerprint density at radius 2 is 1.85 bits per heavy atom. The molecule has 4 rings (SSSR count). The van der Waals surface area contributed by atoms with Gasteiger partial charge in [-0.05, 0) is 46.5 Å². The molecule has 1 aliphatic heterocycles. The van der Waals surface area contributed by atoms with E-state index in [0.717, 1.165) is 41.3 Å². The molecule has 2 heterocycles.